The van der Waals surface area contributed by atoms with Crippen LogP contribution in [0.5, 0.6) is 0 Å². The van der Waals surface area contributed by atoms with Gasteiger partial charge in [-0.15, -0.1) is 0 Å². The van der Waals surface area contributed by atoms with Crippen LogP contribution in [0.4, 0.5) is 0 Å². The summed E-state index contributed by atoms with van der Waals surface area (Å²) >= 11 is 0. The lowest BCUT2D eigenvalue weighted by atomic mass is 10.1. The second kappa shape index (κ2) is 7.43. The predicted octanol–water partition coefficient (Wildman–Crippen LogP) is 3.09. The van der Waals surface area contributed by atoms with E-state index in [0.29, 0.717) is 6.61 Å². The molecule has 0 aromatic carbocycles. The molecule has 0 amide bonds. The van der Waals surface area contributed by atoms with Gasteiger partial charge >= 0.3 is 0 Å². The Morgan fingerprint density at radius 3 is 2.67 bits per heavy atom. The van der Waals surface area contributed by atoms with Crippen molar-refractivity contribution in [3.05, 3.63) is 23.2 Å². The first-order valence-corrected chi connectivity index (χ1v) is 8.07. The number of rotatable bonds is 7. The second-order valence-electron chi connectivity index (χ2n) is 7.00. The monoisotopic (exact) mass is 294 g/mol. The molecule has 0 bridgehead atoms. The van der Waals surface area contributed by atoms with Crippen LogP contribution in [0.1, 0.15) is 50.7 Å². The molecule has 0 aliphatic carbocycles. The van der Waals surface area contributed by atoms with Crippen molar-refractivity contribution < 1.29 is 9.15 Å². The fourth-order valence-corrected chi connectivity index (χ4v) is 2.55. The van der Waals surface area contributed by atoms with Gasteiger partial charge in [0.05, 0.1) is 19.8 Å². The van der Waals surface area contributed by atoms with E-state index in [1.807, 2.05) is 6.92 Å². The molecule has 1 N–H and O–H groups in total. The van der Waals surface area contributed by atoms with Crippen LogP contribution in [0.3, 0.4) is 0 Å². The summed E-state index contributed by atoms with van der Waals surface area (Å²) in [6.07, 6.45) is 2.68. The van der Waals surface area contributed by atoms with Gasteiger partial charge < -0.3 is 19.4 Å². The summed E-state index contributed by atoms with van der Waals surface area (Å²) < 4.78 is 11.6. The quantitative estimate of drug-likeness (QED) is 0.784. The molecule has 4 nitrogen and oxygen atoms in total. The fourth-order valence-electron chi connectivity index (χ4n) is 2.55. The number of hydrogen-bond acceptors (Lipinski definition) is 4. The lowest BCUT2D eigenvalue weighted by molar-refractivity contribution is 0.0985. The van der Waals surface area contributed by atoms with Crippen LogP contribution in [0, 0.1) is 6.92 Å². The number of hydrogen-bond donors (Lipinski definition) is 1. The summed E-state index contributed by atoms with van der Waals surface area (Å²) in [5, 5.41) is 3.44. The van der Waals surface area contributed by atoms with E-state index in [-0.39, 0.29) is 5.54 Å². The van der Waals surface area contributed by atoms with Gasteiger partial charge in [-0.2, -0.15) is 0 Å². The van der Waals surface area contributed by atoms with Crippen LogP contribution in [0.25, 0.3) is 0 Å². The highest BCUT2D eigenvalue weighted by Gasteiger charge is 2.13. The highest BCUT2D eigenvalue weighted by molar-refractivity contribution is 5.20. The maximum atomic E-state index is 5.80. The summed E-state index contributed by atoms with van der Waals surface area (Å²) in [5.74, 6) is 1.96. The van der Waals surface area contributed by atoms with E-state index in [0.717, 1.165) is 31.2 Å². The molecule has 0 saturated carbocycles. The lowest BCUT2D eigenvalue weighted by Crippen LogP contribution is -2.34. The minimum Gasteiger partial charge on any atom is -0.465 e. The third-order valence-electron chi connectivity index (χ3n) is 3.87. The van der Waals surface area contributed by atoms with Crippen molar-refractivity contribution in [3.8, 4) is 0 Å². The van der Waals surface area contributed by atoms with Crippen LogP contribution in [0.2, 0.25) is 0 Å². The summed E-state index contributed by atoms with van der Waals surface area (Å²) in [7, 11) is 0. The minimum atomic E-state index is 0.104. The van der Waals surface area contributed by atoms with Crippen molar-refractivity contribution >= 4 is 0 Å². The van der Waals surface area contributed by atoms with Crippen LogP contribution in [-0.2, 0) is 17.9 Å². The summed E-state index contributed by atoms with van der Waals surface area (Å²) in [6, 6.07) is 2.12. The third kappa shape index (κ3) is 5.81. The van der Waals surface area contributed by atoms with Gasteiger partial charge in [0, 0.05) is 17.6 Å². The SMILES string of the molecule is Cc1oc(CNC(C)(C)C)cc1COCCN1CCCC1. The van der Waals surface area contributed by atoms with Gasteiger partial charge in [-0.3, -0.25) is 0 Å². The zero-order valence-corrected chi connectivity index (χ0v) is 14.0. The molecule has 4 heteroatoms. The largest absolute Gasteiger partial charge is 0.465 e. The zero-order valence-electron chi connectivity index (χ0n) is 14.0. The molecule has 1 aliphatic heterocycles. The normalized spacial score (nSPS) is 16.8. The number of aryl methyl sites for hydroxylation is 1. The van der Waals surface area contributed by atoms with Gasteiger partial charge in [0.2, 0.25) is 0 Å². The minimum absolute atomic E-state index is 0.104. The Morgan fingerprint density at radius 2 is 2.00 bits per heavy atom. The van der Waals surface area contributed by atoms with Crippen LogP contribution < -0.4 is 5.32 Å². The third-order valence-corrected chi connectivity index (χ3v) is 3.87. The molecular weight excluding hydrogens is 264 g/mol. The Hall–Kier alpha value is -0.840. The van der Waals surface area contributed by atoms with Gasteiger partial charge in [0.1, 0.15) is 11.5 Å². The van der Waals surface area contributed by atoms with E-state index in [9.17, 15) is 0 Å². The van der Waals surface area contributed by atoms with Gasteiger partial charge in [-0.05, 0) is 59.7 Å². The van der Waals surface area contributed by atoms with Crippen LogP contribution >= 0.6 is 0 Å². The molecule has 120 valence electrons. The molecule has 0 radical (unpaired) electrons. The smallest absolute Gasteiger partial charge is 0.118 e. The van der Waals surface area contributed by atoms with E-state index in [1.54, 1.807) is 0 Å². The van der Waals surface area contributed by atoms with Gasteiger partial charge in [-0.1, -0.05) is 0 Å². The molecule has 1 fully saturated rings. The van der Waals surface area contributed by atoms with Crippen molar-refractivity contribution in [2.45, 2.75) is 59.2 Å². The molecule has 21 heavy (non-hydrogen) atoms. The molecular formula is C17H30N2O2. The van der Waals surface area contributed by atoms with Gasteiger partial charge in [-0.25, -0.2) is 0 Å². The highest BCUT2D eigenvalue weighted by atomic mass is 16.5. The maximum Gasteiger partial charge on any atom is 0.118 e. The molecule has 0 unspecified atom stereocenters. The Bertz CT molecular complexity index is 428. The van der Waals surface area contributed by atoms with E-state index in [4.69, 9.17) is 9.15 Å². The molecule has 1 aromatic rings. The number of nitrogens with zero attached hydrogens (tertiary/aromatic N) is 1. The lowest BCUT2D eigenvalue weighted by Gasteiger charge is -2.19. The first-order chi connectivity index (χ1) is 9.94. The summed E-state index contributed by atoms with van der Waals surface area (Å²) in [4.78, 5) is 2.47. The molecule has 1 aliphatic rings. The molecule has 2 rings (SSSR count). The second-order valence-corrected chi connectivity index (χ2v) is 7.00. The van der Waals surface area contributed by atoms with Crippen molar-refractivity contribution in [2.75, 3.05) is 26.2 Å². The van der Waals surface area contributed by atoms with Crippen molar-refractivity contribution in [3.63, 3.8) is 0 Å². The number of furan rings is 1. The van der Waals surface area contributed by atoms with Crippen molar-refractivity contribution in [2.24, 2.45) is 0 Å². The number of nitrogens with one attached hydrogen (secondary N) is 1. The van der Waals surface area contributed by atoms with Crippen molar-refractivity contribution in [1.82, 2.24) is 10.2 Å². The topological polar surface area (TPSA) is 37.6 Å². The molecule has 1 aromatic heterocycles. The van der Waals surface area contributed by atoms with E-state index in [2.05, 4.69) is 37.1 Å². The zero-order chi connectivity index (χ0) is 15.3. The Kier molecular flexibility index (Phi) is 5.85. The first kappa shape index (κ1) is 16.5. The number of likely N-dealkylation sites (tertiary alicyclic amines) is 1. The molecule has 0 spiro atoms. The van der Waals surface area contributed by atoms with Crippen LogP contribution in [-0.4, -0.2) is 36.7 Å². The maximum absolute atomic E-state index is 5.80. The molecule has 2 heterocycles. The Balaban J connectivity index is 1.71. The first-order valence-electron chi connectivity index (χ1n) is 8.07. The van der Waals surface area contributed by atoms with E-state index in [1.165, 1.54) is 31.5 Å². The van der Waals surface area contributed by atoms with Gasteiger partial charge in [0.15, 0.2) is 0 Å². The Labute approximate surface area is 128 Å². The van der Waals surface area contributed by atoms with E-state index < -0.39 is 0 Å². The fraction of sp³-hybridized carbons (Fsp3) is 0.765. The highest BCUT2D eigenvalue weighted by Crippen LogP contribution is 2.16. The number of ether oxygens (including phenoxy) is 1. The average molecular weight is 294 g/mol. The van der Waals surface area contributed by atoms with Crippen LogP contribution in [0.15, 0.2) is 10.5 Å². The predicted molar refractivity (Wildman–Crippen MR) is 85.4 cm³/mol. The van der Waals surface area contributed by atoms with Crippen molar-refractivity contribution in [1.29, 1.82) is 0 Å². The summed E-state index contributed by atoms with van der Waals surface area (Å²) in [5.41, 5.74) is 1.27. The molecule has 0 atom stereocenters. The Morgan fingerprint density at radius 1 is 1.29 bits per heavy atom. The standard InChI is InChI=1S/C17H30N2O2/c1-14-15(11-16(21-14)12-18-17(2,3)4)13-20-10-9-19-7-5-6-8-19/h11,18H,5-10,12-13H2,1-4H3. The summed E-state index contributed by atoms with van der Waals surface area (Å²) in [6.45, 7) is 14.2. The van der Waals surface area contributed by atoms with Gasteiger partial charge in [0.25, 0.3) is 0 Å². The average Bonchev–Trinajstić information content (AvgIpc) is 3.02. The molecule has 1 saturated heterocycles. The van der Waals surface area contributed by atoms with E-state index >= 15 is 0 Å².